The second-order valence-corrected chi connectivity index (χ2v) is 2.56. The first-order valence-corrected chi connectivity index (χ1v) is 3.43. The zero-order valence-electron chi connectivity index (χ0n) is 6.35. The highest BCUT2D eigenvalue weighted by molar-refractivity contribution is 5.46. The van der Waals surface area contributed by atoms with Gasteiger partial charge in [-0.3, -0.25) is 0 Å². The predicted octanol–water partition coefficient (Wildman–Crippen LogP) is 3.01. The van der Waals surface area contributed by atoms with Crippen LogP contribution in [0.3, 0.4) is 0 Å². The quantitative estimate of drug-likeness (QED) is 0.514. The number of allylic oxidation sites excluding steroid dienone is 6. The van der Waals surface area contributed by atoms with Gasteiger partial charge in [-0.15, -0.1) is 0 Å². The molecule has 0 saturated carbocycles. The molecule has 0 fully saturated rings. The van der Waals surface area contributed by atoms with E-state index in [2.05, 4.69) is 32.2 Å². The smallest absolute Gasteiger partial charge is 0.00917 e. The van der Waals surface area contributed by atoms with Crippen LogP contribution in [0.2, 0.25) is 0 Å². The van der Waals surface area contributed by atoms with Crippen LogP contribution in [0.5, 0.6) is 0 Å². The van der Waals surface area contributed by atoms with Gasteiger partial charge in [-0.25, -0.2) is 0 Å². The molecule has 0 aromatic heterocycles. The minimum absolute atomic E-state index is 0.976. The summed E-state index contributed by atoms with van der Waals surface area (Å²) in [4.78, 5) is 0. The van der Waals surface area contributed by atoms with Crippen molar-refractivity contribution in [2.75, 3.05) is 0 Å². The average molecular weight is 132 g/mol. The zero-order valence-corrected chi connectivity index (χ0v) is 6.35. The molecule has 0 spiro atoms. The third kappa shape index (κ3) is 1.27. The monoisotopic (exact) mass is 132 g/mol. The summed E-state index contributed by atoms with van der Waals surface area (Å²) < 4.78 is 0. The van der Waals surface area contributed by atoms with Crippen LogP contribution in [0, 0.1) is 0 Å². The van der Waals surface area contributed by atoms with Crippen molar-refractivity contribution < 1.29 is 0 Å². The van der Waals surface area contributed by atoms with Crippen molar-refractivity contribution in [1.29, 1.82) is 0 Å². The second kappa shape index (κ2) is 2.70. The first-order valence-electron chi connectivity index (χ1n) is 3.43. The Balaban J connectivity index is 2.94. The molecule has 52 valence electrons. The number of hydrogen-bond donors (Lipinski definition) is 0. The molecule has 0 aliphatic heterocycles. The lowest BCUT2D eigenvalue weighted by Gasteiger charge is -2.09. The molecule has 1 aliphatic rings. The molecule has 1 rings (SSSR count). The van der Waals surface area contributed by atoms with Crippen LogP contribution in [0.1, 0.15) is 13.3 Å². The van der Waals surface area contributed by atoms with Crippen LogP contribution in [-0.4, -0.2) is 0 Å². The summed E-state index contributed by atoms with van der Waals surface area (Å²) in [6.45, 7) is 9.72. The molecular weight excluding hydrogens is 120 g/mol. The van der Waals surface area contributed by atoms with E-state index in [9.17, 15) is 0 Å². The van der Waals surface area contributed by atoms with E-state index >= 15 is 0 Å². The lowest BCUT2D eigenvalue weighted by Crippen LogP contribution is -1.90. The Labute approximate surface area is 62.3 Å². The zero-order chi connectivity index (χ0) is 7.56. The maximum atomic E-state index is 3.92. The van der Waals surface area contributed by atoms with E-state index < -0.39 is 0 Å². The molecule has 0 N–H and O–H groups in total. The molecule has 0 unspecified atom stereocenters. The van der Waals surface area contributed by atoms with Crippen molar-refractivity contribution in [2.24, 2.45) is 0 Å². The maximum absolute atomic E-state index is 3.92. The highest BCUT2D eigenvalue weighted by Gasteiger charge is 2.01. The number of hydrogen-bond acceptors (Lipinski definition) is 0. The van der Waals surface area contributed by atoms with Crippen LogP contribution in [0.4, 0.5) is 0 Å². The fourth-order valence-corrected chi connectivity index (χ4v) is 1.01. The SMILES string of the molecule is C=CC1=CC(C)=CCC1=C. The summed E-state index contributed by atoms with van der Waals surface area (Å²) >= 11 is 0. The maximum Gasteiger partial charge on any atom is -0.00917 e. The molecule has 0 heteroatoms. The predicted molar refractivity (Wildman–Crippen MR) is 45.8 cm³/mol. The lowest BCUT2D eigenvalue weighted by atomic mass is 9.96. The van der Waals surface area contributed by atoms with E-state index in [1.54, 1.807) is 0 Å². The van der Waals surface area contributed by atoms with Crippen LogP contribution in [0.15, 0.2) is 48.1 Å². The third-order valence-electron chi connectivity index (χ3n) is 1.68. The Bertz CT molecular complexity index is 226. The van der Waals surface area contributed by atoms with Crippen molar-refractivity contribution in [3.05, 3.63) is 48.1 Å². The van der Waals surface area contributed by atoms with Gasteiger partial charge in [0.1, 0.15) is 0 Å². The summed E-state index contributed by atoms with van der Waals surface area (Å²) in [6, 6.07) is 0. The Morgan fingerprint density at radius 2 is 2.30 bits per heavy atom. The summed E-state index contributed by atoms with van der Waals surface area (Å²) in [5.74, 6) is 0. The molecule has 0 saturated heterocycles. The minimum atomic E-state index is 0.976. The van der Waals surface area contributed by atoms with Gasteiger partial charge in [0.05, 0.1) is 0 Å². The van der Waals surface area contributed by atoms with Crippen molar-refractivity contribution in [2.45, 2.75) is 13.3 Å². The third-order valence-corrected chi connectivity index (χ3v) is 1.68. The molecule has 0 radical (unpaired) electrons. The topological polar surface area (TPSA) is 0 Å². The first kappa shape index (κ1) is 7.07. The Morgan fingerprint density at radius 3 is 2.80 bits per heavy atom. The molecule has 0 aromatic carbocycles. The summed E-state index contributed by atoms with van der Waals surface area (Å²) in [7, 11) is 0. The fraction of sp³-hybridized carbons (Fsp3) is 0.200. The summed E-state index contributed by atoms with van der Waals surface area (Å²) in [5.41, 5.74) is 3.66. The van der Waals surface area contributed by atoms with Crippen molar-refractivity contribution in [3.63, 3.8) is 0 Å². The standard InChI is InChI=1S/C10H12/c1-4-10-7-8(2)5-6-9(10)3/h4-5,7H,1,3,6H2,2H3. The molecule has 0 nitrogen and oxygen atoms in total. The Morgan fingerprint density at radius 1 is 1.60 bits per heavy atom. The van der Waals surface area contributed by atoms with Crippen molar-refractivity contribution >= 4 is 0 Å². The molecule has 0 bridgehead atoms. The molecule has 0 amide bonds. The molecule has 1 aliphatic carbocycles. The summed E-state index contributed by atoms with van der Waals surface area (Å²) in [6.07, 6.45) is 7.12. The van der Waals surface area contributed by atoms with Crippen LogP contribution < -0.4 is 0 Å². The fourth-order valence-electron chi connectivity index (χ4n) is 1.01. The van der Waals surface area contributed by atoms with Gasteiger partial charge in [0.2, 0.25) is 0 Å². The van der Waals surface area contributed by atoms with Gasteiger partial charge in [0.15, 0.2) is 0 Å². The van der Waals surface area contributed by atoms with Gasteiger partial charge < -0.3 is 0 Å². The normalized spacial score (nSPS) is 17.9. The highest BCUT2D eigenvalue weighted by Crippen LogP contribution is 2.21. The lowest BCUT2D eigenvalue weighted by molar-refractivity contribution is 1.19. The molecule has 0 heterocycles. The molecule has 0 aromatic rings. The van der Waals surface area contributed by atoms with Crippen molar-refractivity contribution in [3.8, 4) is 0 Å². The molecular formula is C10H12. The van der Waals surface area contributed by atoms with Crippen LogP contribution >= 0.6 is 0 Å². The van der Waals surface area contributed by atoms with E-state index in [4.69, 9.17) is 0 Å². The minimum Gasteiger partial charge on any atom is -0.0985 e. The van der Waals surface area contributed by atoms with E-state index in [0.717, 1.165) is 6.42 Å². The summed E-state index contributed by atoms with van der Waals surface area (Å²) in [5, 5.41) is 0. The second-order valence-electron chi connectivity index (χ2n) is 2.56. The molecule has 0 atom stereocenters. The molecule has 10 heavy (non-hydrogen) atoms. The Hall–Kier alpha value is -1.04. The van der Waals surface area contributed by atoms with Gasteiger partial charge in [-0.2, -0.15) is 0 Å². The number of rotatable bonds is 1. The highest BCUT2D eigenvalue weighted by atomic mass is 14.1. The van der Waals surface area contributed by atoms with Gasteiger partial charge in [-0.05, 0) is 24.5 Å². The largest absolute Gasteiger partial charge is 0.0985 e. The average Bonchev–Trinajstić information content (AvgIpc) is 1.94. The van der Waals surface area contributed by atoms with E-state index in [1.807, 2.05) is 6.08 Å². The van der Waals surface area contributed by atoms with E-state index in [1.165, 1.54) is 16.7 Å². The van der Waals surface area contributed by atoms with Crippen LogP contribution in [-0.2, 0) is 0 Å². The van der Waals surface area contributed by atoms with Gasteiger partial charge in [0.25, 0.3) is 0 Å². The van der Waals surface area contributed by atoms with E-state index in [-0.39, 0.29) is 0 Å². The first-order chi connectivity index (χ1) is 4.74. The van der Waals surface area contributed by atoms with Gasteiger partial charge in [0, 0.05) is 0 Å². The van der Waals surface area contributed by atoms with E-state index in [0.29, 0.717) is 0 Å². The Kier molecular flexibility index (Phi) is 1.91. The van der Waals surface area contributed by atoms with Crippen LogP contribution in [0.25, 0.3) is 0 Å². The van der Waals surface area contributed by atoms with Gasteiger partial charge >= 0.3 is 0 Å². The van der Waals surface area contributed by atoms with Gasteiger partial charge in [-0.1, -0.05) is 37.0 Å². The van der Waals surface area contributed by atoms with Crippen molar-refractivity contribution in [1.82, 2.24) is 0 Å².